The lowest BCUT2D eigenvalue weighted by molar-refractivity contribution is -0.116. The minimum atomic E-state index is 0.0455. The van der Waals surface area contributed by atoms with E-state index in [0.717, 1.165) is 11.4 Å². The summed E-state index contributed by atoms with van der Waals surface area (Å²) in [6.07, 6.45) is 0. The van der Waals surface area contributed by atoms with Gasteiger partial charge in [-0.15, -0.1) is 0 Å². The van der Waals surface area contributed by atoms with Gasteiger partial charge in [-0.25, -0.2) is 0 Å². The van der Waals surface area contributed by atoms with Gasteiger partial charge in [0.15, 0.2) is 0 Å². The molecule has 1 aromatic carbocycles. The summed E-state index contributed by atoms with van der Waals surface area (Å²) in [4.78, 5) is 12.9. The maximum atomic E-state index is 11.2. The van der Waals surface area contributed by atoms with E-state index in [-0.39, 0.29) is 5.91 Å². The largest absolute Gasteiger partial charge is 0.490 e. The fourth-order valence-corrected chi connectivity index (χ4v) is 1.43. The summed E-state index contributed by atoms with van der Waals surface area (Å²) in [5, 5.41) is 0. The zero-order chi connectivity index (χ0) is 9.26. The van der Waals surface area contributed by atoms with Crippen molar-refractivity contribution >= 4 is 11.6 Å². The molecule has 0 fully saturated rings. The fourth-order valence-electron chi connectivity index (χ4n) is 1.43. The van der Waals surface area contributed by atoms with Crippen LogP contribution in [0.5, 0.6) is 5.75 Å². The zero-order valence-electron chi connectivity index (χ0n) is 7.41. The third-order valence-electron chi connectivity index (χ3n) is 2.05. The van der Waals surface area contributed by atoms with Crippen LogP contribution in [0.2, 0.25) is 0 Å². The van der Waals surface area contributed by atoms with E-state index in [2.05, 4.69) is 6.07 Å². The molecule has 0 unspecified atom stereocenters. The van der Waals surface area contributed by atoms with Crippen LogP contribution < -0.4 is 9.64 Å². The van der Waals surface area contributed by atoms with Gasteiger partial charge < -0.3 is 9.64 Å². The van der Waals surface area contributed by atoms with Crippen molar-refractivity contribution in [1.29, 1.82) is 0 Å². The number of rotatable bonds is 0. The number of anilines is 1. The number of amides is 1. The number of fused-ring (bicyclic) bond motifs is 1. The number of ether oxygens (including phenoxy) is 1. The first-order valence-electron chi connectivity index (χ1n) is 4.20. The van der Waals surface area contributed by atoms with E-state index in [1.54, 1.807) is 24.0 Å². The first-order chi connectivity index (χ1) is 6.29. The van der Waals surface area contributed by atoms with Crippen LogP contribution >= 0.6 is 0 Å². The molecular weight excluding hydrogens is 166 g/mol. The predicted octanol–water partition coefficient (Wildman–Crippen LogP) is 1.23. The number of carbonyl (C=O) groups excluding carboxylic acids is 1. The number of nitrogens with zero attached hydrogens (tertiary/aromatic N) is 1. The second-order valence-corrected chi connectivity index (χ2v) is 2.91. The molecule has 1 aromatic rings. The summed E-state index contributed by atoms with van der Waals surface area (Å²) < 4.78 is 5.39. The van der Waals surface area contributed by atoms with Crippen LogP contribution in [-0.2, 0) is 4.79 Å². The summed E-state index contributed by atoms with van der Waals surface area (Å²) in [6, 6.07) is 8.31. The Balaban J connectivity index is 2.42. The van der Waals surface area contributed by atoms with E-state index < -0.39 is 0 Å². The molecule has 0 bridgehead atoms. The smallest absolute Gasteiger partial charge is 0.224 e. The average molecular weight is 176 g/mol. The Bertz CT molecular complexity index is 335. The summed E-state index contributed by atoms with van der Waals surface area (Å²) in [5.41, 5.74) is 0.821. The molecule has 0 N–H and O–H groups in total. The Morgan fingerprint density at radius 3 is 3.31 bits per heavy atom. The summed E-state index contributed by atoms with van der Waals surface area (Å²) >= 11 is 0. The second kappa shape index (κ2) is 3.09. The molecule has 67 valence electrons. The van der Waals surface area contributed by atoms with Gasteiger partial charge in [0.25, 0.3) is 0 Å². The van der Waals surface area contributed by atoms with Gasteiger partial charge in [-0.3, -0.25) is 4.79 Å². The van der Waals surface area contributed by atoms with Gasteiger partial charge in [0, 0.05) is 6.92 Å². The lowest BCUT2D eigenvalue weighted by Crippen LogP contribution is -2.36. The molecule has 0 atom stereocenters. The Hall–Kier alpha value is -1.51. The topological polar surface area (TPSA) is 29.5 Å². The predicted molar refractivity (Wildman–Crippen MR) is 48.8 cm³/mol. The Labute approximate surface area is 76.9 Å². The molecule has 0 saturated carbocycles. The second-order valence-electron chi connectivity index (χ2n) is 2.91. The number of hydrogen-bond donors (Lipinski definition) is 0. The minimum absolute atomic E-state index is 0.0455. The van der Waals surface area contributed by atoms with Gasteiger partial charge >= 0.3 is 0 Å². The molecule has 13 heavy (non-hydrogen) atoms. The Morgan fingerprint density at radius 1 is 1.69 bits per heavy atom. The molecule has 0 spiro atoms. The van der Waals surface area contributed by atoms with Gasteiger partial charge in [0.05, 0.1) is 12.2 Å². The number of benzene rings is 1. The molecule has 0 saturated heterocycles. The van der Waals surface area contributed by atoms with Crippen molar-refractivity contribution < 1.29 is 9.53 Å². The highest BCUT2D eigenvalue weighted by Crippen LogP contribution is 2.30. The van der Waals surface area contributed by atoms with E-state index in [1.807, 2.05) is 6.07 Å². The van der Waals surface area contributed by atoms with Gasteiger partial charge in [-0.1, -0.05) is 6.07 Å². The van der Waals surface area contributed by atoms with Gasteiger partial charge in [-0.05, 0) is 18.2 Å². The van der Waals surface area contributed by atoms with Crippen molar-refractivity contribution in [2.75, 3.05) is 18.1 Å². The van der Waals surface area contributed by atoms with Crippen molar-refractivity contribution in [2.24, 2.45) is 0 Å². The summed E-state index contributed by atoms with van der Waals surface area (Å²) in [7, 11) is 0. The molecule has 1 heterocycles. The molecule has 2 rings (SSSR count). The van der Waals surface area contributed by atoms with Crippen LogP contribution in [0.3, 0.4) is 0 Å². The van der Waals surface area contributed by atoms with Crippen molar-refractivity contribution in [3.8, 4) is 5.75 Å². The molecule has 1 aliphatic heterocycles. The highest BCUT2D eigenvalue weighted by molar-refractivity contribution is 5.93. The third-order valence-corrected chi connectivity index (χ3v) is 2.05. The Kier molecular flexibility index (Phi) is 1.93. The zero-order valence-corrected chi connectivity index (χ0v) is 7.41. The molecule has 3 nitrogen and oxygen atoms in total. The number of hydrogen-bond acceptors (Lipinski definition) is 2. The summed E-state index contributed by atoms with van der Waals surface area (Å²) in [5.74, 6) is 0.810. The summed E-state index contributed by atoms with van der Waals surface area (Å²) in [6.45, 7) is 2.75. The van der Waals surface area contributed by atoms with E-state index in [9.17, 15) is 4.79 Å². The molecule has 1 amide bonds. The van der Waals surface area contributed by atoms with Gasteiger partial charge in [-0.2, -0.15) is 0 Å². The van der Waals surface area contributed by atoms with Gasteiger partial charge in [0.1, 0.15) is 12.4 Å². The maximum Gasteiger partial charge on any atom is 0.224 e. The SMILES string of the molecule is CC(=O)N1CCOc2cc[c]cc21. The van der Waals surface area contributed by atoms with Crippen LogP contribution in [0.4, 0.5) is 5.69 Å². The van der Waals surface area contributed by atoms with E-state index in [0.29, 0.717) is 13.2 Å². The third kappa shape index (κ3) is 1.37. The molecule has 1 radical (unpaired) electrons. The van der Waals surface area contributed by atoms with Crippen LogP contribution in [0, 0.1) is 6.07 Å². The first-order valence-corrected chi connectivity index (χ1v) is 4.20. The van der Waals surface area contributed by atoms with Crippen molar-refractivity contribution in [3.05, 3.63) is 24.3 Å². The van der Waals surface area contributed by atoms with Crippen LogP contribution in [-0.4, -0.2) is 19.1 Å². The number of carbonyl (C=O) groups is 1. The lowest BCUT2D eigenvalue weighted by Gasteiger charge is -2.28. The van der Waals surface area contributed by atoms with Crippen molar-refractivity contribution in [1.82, 2.24) is 0 Å². The lowest BCUT2D eigenvalue weighted by atomic mass is 10.2. The first kappa shape index (κ1) is 8.10. The van der Waals surface area contributed by atoms with Crippen LogP contribution in [0.15, 0.2) is 18.2 Å². The maximum absolute atomic E-state index is 11.2. The normalized spacial score (nSPS) is 14.7. The van der Waals surface area contributed by atoms with Crippen LogP contribution in [0.25, 0.3) is 0 Å². The standard InChI is InChI=1S/C10H10NO2/c1-8(12)11-6-7-13-10-5-3-2-4-9(10)11/h3-5H,6-7H2,1H3. The van der Waals surface area contributed by atoms with E-state index in [4.69, 9.17) is 4.74 Å². The quantitative estimate of drug-likeness (QED) is 0.595. The van der Waals surface area contributed by atoms with Crippen molar-refractivity contribution in [3.63, 3.8) is 0 Å². The molecule has 3 heteroatoms. The average Bonchev–Trinajstić information content (AvgIpc) is 2.17. The Morgan fingerprint density at radius 2 is 2.54 bits per heavy atom. The monoisotopic (exact) mass is 176 g/mol. The van der Waals surface area contributed by atoms with Crippen LogP contribution in [0.1, 0.15) is 6.92 Å². The van der Waals surface area contributed by atoms with Gasteiger partial charge in [0.2, 0.25) is 5.91 Å². The van der Waals surface area contributed by atoms with Crippen molar-refractivity contribution in [2.45, 2.75) is 6.92 Å². The highest BCUT2D eigenvalue weighted by atomic mass is 16.5. The van der Waals surface area contributed by atoms with E-state index in [1.165, 1.54) is 0 Å². The molecular formula is C10H10NO2. The highest BCUT2D eigenvalue weighted by Gasteiger charge is 2.19. The fraction of sp³-hybridized carbons (Fsp3) is 0.300. The van der Waals surface area contributed by atoms with E-state index >= 15 is 0 Å². The molecule has 0 aromatic heterocycles. The molecule has 1 aliphatic rings. The minimum Gasteiger partial charge on any atom is -0.490 e. The molecule has 0 aliphatic carbocycles.